The second-order valence-corrected chi connectivity index (χ2v) is 7.79. The molecule has 1 aromatic carbocycles. The fraction of sp³-hybridized carbons (Fsp3) is 0.500. The number of halogens is 1. The SMILES string of the molecule is CCOc1c(Br)cc(C2NC(=O)NC(C(C)C)=C2C(=O)OC(C)C)cc1OC. The van der Waals surface area contributed by atoms with Crippen molar-refractivity contribution in [3.63, 3.8) is 0 Å². The van der Waals surface area contributed by atoms with Gasteiger partial charge in [0.1, 0.15) is 0 Å². The molecule has 28 heavy (non-hydrogen) atoms. The van der Waals surface area contributed by atoms with E-state index >= 15 is 0 Å². The first-order valence-corrected chi connectivity index (χ1v) is 10.0. The summed E-state index contributed by atoms with van der Waals surface area (Å²) in [6.07, 6.45) is -0.284. The molecule has 154 valence electrons. The first-order chi connectivity index (χ1) is 13.2. The van der Waals surface area contributed by atoms with Gasteiger partial charge in [-0.25, -0.2) is 9.59 Å². The van der Waals surface area contributed by atoms with Gasteiger partial charge in [-0.1, -0.05) is 13.8 Å². The standard InChI is InChI=1S/C20H27BrN2O5/c1-7-27-18-13(21)8-12(9-14(18)26-6)17-15(19(24)28-11(4)5)16(10(2)3)22-20(25)23-17/h8-11,17H,7H2,1-6H3,(H2,22,23,25). The average Bonchev–Trinajstić information content (AvgIpc) is 2.61. The van der Waals surface area contributed by atoms with E-state index in [-0.39, 0.29) is 18.1 Å². The van der Waals surface area contributed by atoms with Gasteiger partial charge in [0.25, 0.3) is 0 Å². The Morgan fingerprint density at radius 3 is 2.46 bits per heavy atom. The van der Waals surface area contributed by atoms with Crippen LogP contribution in [0.3, 0.4) is 0 Å². The molecular formula is C20H27BrN2O5. The molecule has 7 nitrogen and oxygen atoms in total. The van der Waals surface area contributed by atoms with Crippen LogP contribution in [0.1, 0.15) is 46.2 Å². The van der Waals surface area contributed by atoms with Crippen LogP contribution < -0.4 is 20.1 Å². The number of ether oxygens (including phenoxy) is 3. The molecule has 1 atom stereocenters. The van der Waals surface area contributed by atoms with Crippen molar-refractivity contribution in [1.29, 1.82) is 0 Å². The molecule has 1 aliphatic heterocycles. The van der Waals surface area contributed by atoms with Crippen LogP contribution in [0, 0.1) is 5.92 Å². The van der Waals surface area contributed by atoms with Gasteiger partial charge in [0.15, 0.2) is 11.5 Å². The van der Waals surface area contributed by atoms with Gasteiger partial charge in [-0.3, -0.25) is 0 Å². The molecule has 2 amide bonds. The second kappa shape index (κ2) is 9.32. The Morgan fingerprint density at radius 1 is 1.25 bits per heavy atom. The fourth-order valence-corrected chi connectivity index (χ4v) is 3.56. The van der Waals surface area contributed by atoms with E-state index < -0.39 is 12.0 Å². The highest BCUT2D eigenvalue weighted by molar-refractivity contribution is 9.10. The third-order valence-corrected chi connectivity index (χ3v) is 4.71. The Labute approximate surface area is 173 Å². The van der Waals surface area contributed by atoms with Crippen molar-refractivity contribution in [3.8, 4) is 11.5 Å². The van der Waals surface area contributed by atoms with Crippen molar-refractivity contribution < 1.29 is 23.8 Å². The number of benzene rings is 1. The number of esters is 1. The number of carbonyl (C=O) groups excluding carboxylic acids is 2. The maximum absolute atomic E-state index is 12.9. The Hall–Kier alpha value is -2.22. The number of carbonyl (C=O) groups is 2. The van der Waals surface area contributed by atoms with Gasteiger partial charge in [-0.15, -0.1) is 0 Å². The lowest BCUT2D eigenvalue weighted by atomic mass is 9.91. The van der Waals surface area contributed by atoms with E-state index in [1.165, 1.54) is 0 Å². The molecular weight excluding hydrogens is 428 g/mol. The average molecular weight is 455 g/mol. The summed E-state index contributed by atoms with van der Waals surface area (Å²) in [4.78, 5) is 25.2. The minimum absolute atomic E-state index is 0.0729. The lowest BCUT2D eigenvalue weighted by Crippen LogP contribution is -2.47. The van der Waals surface area contributed by atoms with Crippen molar-refractivity contribution in [1.82, 2.24) is 10.6 Å². The highest BCUT2D eigenvalue weighted by atomic mass is 79.9. The van der Waals surface area contributed by atoms with Crippen LogP contribution in [0.15, 0.2) is 27.9 Å². The predicted octanol–water partition coefficient (Wildman–Crippen LogP) is 4.07. The van der Waals surface area contributed by atoms with E-state index in [9.17, 15) is 9.59 Å². The highest BCUT2D eigenvalue weighted by Crippen LogP contribution is 2.40. The summed E-state index contributed by atoms with van der Waals surface area (Å²) in [6.45, 7) is 9.75. The molecule has 1 unspecified atom stereocenters. The monoisotopic (exact) mass is 454 g/mol. The minimum atomic E-state index is -0.682. The van der Waals surface area contributed by atoms with Gasteiger partial charge in [0.2, 0.25) is 0 Å². The summed E-state index contributed by atoms with van der Waals surface area (Å²) in [5.74, 6) is 0.520. The largest absolute Gasteiger partial charge is 0.493 e. The molecule has 2 N–H and O–H groups in total. The van der Waals surface area contributed by atoms with E-state index in [1.54, 1.807) is 27.0 Å². The second-order valence-electron chi connectivity index (χ2n) is 6.93. The van der Waals surface area contributed by atoms with E-state index in [2.05, 4.69) is 26.6 Å². The zero-order chi connectivity index (χ0) is 21.0. The topological polar surface area (TPSA) is 85.9 Å². The number of methoxy groups -OCH3 is 1. The summed E-state index contributed by atoms with van der Waals surface area (Å²) in [6, 6.07) is 2.51. The first kappa shape index (κ1) is 22.1. The molecule has 0 aliphatic carbocycles. The smallest absolute Gasteiger partial charge is 0.338 e. The van der Waals surface area contributed by atoms with Crippen molar-refractivity contribution >= 4 is 27.9 Å². The number of nitrogens with one attached hydrogen (secondary N) is 2. The lowest BCUT2D eigenvalue weighted by Gasteiger charge is -2.31. The molecule has 0 spiro atoms. The lowest BCUT2D eigenvalue weighted by molar-refractivity contribution is -0.143. The number of allylic oxidation sites excluding steroid dienone is 1. The van der Waals surface area contributed by atoms with Gasteiger partial charge in [0, 0.05) is 5.70 Å². The summed E-state index contributed by atoms with van der Waals surface area (Å²) < 4.78 is 17.2. The van der Waals surface area contributed by atoms with Gasteiger partial charge >= 0.3 is 12.0 Å². The molecule has 1 aromatic rings. The van der Waals surface area contributed by atoms with Crippen LogP contribution >= 0.6 is 15.9 Å². The number of hydrogen-bond acceptors (Lipinski definition) is 5. The van der Waals surface area contributed by atoms with Crippen LogP contribution in [0.5, 0.6) is 11.5 Å². The maximum Gasteiger partial charge on any atom is 0.338 e. The summed E-state index contributed by atoms with van der Waals surface area (Å²) in [5, 5.41) is 5.58. The van der Waals surface area contributed by atoms with Crippen LogP contribution in [-0.2, 0) is 9.53 Å². The number of amides is 2. The van der Waals surface area contributed by atoms with E-state index in [0.717, 1.165) is 0 Å². The molecule has 0 radical (unpaired) electrons. The molecule has 0 fully saturated rings. The van der Waals surface area contributed by atoms with Gasteiger partial charge < -0.3 is 24.8 Å². The summed E-state index contributed by atoms with van der Waals surface area (Å²) in [7, 11) is 1.54. The zero-order valence-electron chi connectivity index (χ0n) is 17.0. The molecule has 0 saturated heterocycles. The molecule has 1 heterocycles. The van der Waals surface area contributed by atoms with E-state index in [4.69, 9.17) is 14.2 Å². The predicted molar refractivity (Wildman–Crippen MR) is 109 cm³/mol. The third kappa shape index (κ3) is 4.79. The van der Waals surface area contributed by atoms with Gasteiger partial charge in [0.05, 0.1) is 35.9 Å². The van der Waals surface area contributed by atoms with Crippen molar-refractivity contribution in [2.45, 2.75) is 46.8 Å². The van der Waals surface area contributed by atoms with Gasteiger partial charge in [-0.2, -0.15) is 0 Å². The molecule has 0 aromatic heterocycles. The van der Waals surface area contributed by atoms with Crippen LogP contribution in [-0.4, -0.2) is 31.8 Å². The number of hydrogen-bond donors (Lipinski definition) is 2. The summed E-state index contributed by atoms with van der Waals surface area (Å²) >= 11 is 3.50. The van der Waals surface area contributed by atoms with Crippen molar-refractivity contribution in [2.75, 3.05) is 13.7 Å². The Morgan fingerprint density at radius 2 is 1.93 bits per heavy atom. The molecule has 8 heteroatoms. The maximum atomic E-state index is 12.9. The highest BCUT2D eigenvalue weighted by Gasteiger charge is 2.35. The Bertz CT molecular complexity index is 789. The number of rotatable bonds is 7. The van der Waals surface area contributed by atoms with E-state index in [1.807, 2.05) is 26.8 Å². The van der Waals surface area contributed by atoms with Crippen LogP contribution in [0.2, 0.25) is 0 Å². The normalized spacial score (nSPS) is 16.8. The van der Waals surface area contributed by atoms with Crippen molar-refractivity contribution in [3.05, 3.63) is 33.4 Å². The first-order valence-electron chi connectivity index (χ1n) is 9.22. The molecule has 1 aliphatic rings. The Balaban J connectivity index is 2.62. The quantitative estimate of drug-likeness (QED) is 0.606. The minimum Gasteiger partial charge on any atom is -0.493 e. The molecule has 2 rings (SSSR count). The molecule has 0 bridgehead atoms. The molecule has 0 saturated carbocycles. The third-order valence-electron chi connectivity index (χ3n) is 4.12. The fourth-order valence-electron chi connectivity index (χ4n) is 2.99. The zero-order valence-corrected chi connectivity index (χ0v) is 18.6. The van der Waals surface area contributed by atoms with Gasteiger partial charge in [-0.05, 0) is 60.3 Å². The van der Waals surface area contributed by atoms with Crippen molar-refractivity contribution in [2.24, 2.45) is 5.92 Å². The van der Waals surface area contributed by atoms with E-state index in [0.29, 0.717) is 39.4 Å². The van der Waals surface area contributed by atoms with Crippen LogP contribution in [0.4, 0.5) is 4.79 Å². The Kier molecular flexibility index (Phi) is 7.35. The van der Waals surface area contributed by atoms with Crippen LogP contribution in [0.25, 0.3) is 0 Å². The summed E-state index contributed by atoms with van der Waals surface area (Å²) in [5.41, 5.74) is 1.60. The number of urea groups is 1.